The molecule has 3 heteroatoms. The molecule has 2 aromatic rings. The lowest BCUT2D eigenvalue weighted by atomic mass is 10.2. The quantitative estimate of drug-likeness (QED) is 0.857. The number of imidazole rings is 1. The zero-order valence-corrected chi connectivity index (χ0v) is 10.5. The Morgan fingerprint density at radius 3 is 2.71 bits per heavy atom. The van der Waals surface area contributed by atoms with E-state index >= 15 is 0 Å². The molecule has 90 valence electrons. The van der Waals surface area contributed by atoms with E-state index in [9.17, 15) is 0 Å². The minimum Gasteiger partial charge on any atom is -0.371 e. The summed E-state index contributed by atoms with van der Waals surface area (Å²) >= 11 is 0. The van der Waals surface area contributed by atoms with Gasteiger partial charge in [0.25, 0.3) is 0 Å². The number of fused-ring (bicyclic) bond motifs is 1. The summed E-state index contributed by atoms with van der Waals surface area (Å²) in [5.41, 5.74) is 3.57. The fourth-order valence-electron chi connectivity index (χ4n) is 2.46. The second-order valence-electron chi connectivity index (χ2n) is 5.17. The van der Waals surface area contributed by atoms with Gasteiger partial charge in [-0.1, -0.05) is 13.8 Å². The summed E-state index contributed by atoms with van der Waals surface area (Å²) in [4.78, 5) is 10.5. The number of benzene rings is 1. The highest BCUT2D eigenvalue weighted by Gasteiger charge is 2.13. The monoisotopic (exact) mass is 229 g/mol. The molecule has 0 amide bonds. The van der Waals surface area contributed by atoms with E-state index < -0.39 is 0 Å². The molecule has 17 heavy (non-hydrogen) atoms. The van der Waals surface area contributed by atoms with Gasteiger partial charge in [0, 0.05) is 24.7 Å². The number of anilines is 1. The maximum atomic E-state index is 4.61. The number of nitrogens with zero attached hydrogens (tertiary/aromatic N) is 2. The Bertz CT molecular complexity index is 521. The molecule has 0 aliphatic carbocycles. The highest BCUT2D eigenvalue weighted by atomic mass is 15.1. The van der Waals surface area contributed by atoms with Crippen molar-refractivity contribution < 1.29 is 0 Å². The first-order chi connectivity index (χ1) is 8.24. The van der Waals surface area contributed by atoms with E-state index in [2.05, 4.69) is 46.9 Å². The highest BCUT2D eigenvalue weighted by Crippen LogP contribution is 2.25. The van der Waals surface area contributed by atoms with Crippen molar-refractivity contribution in [2.24, 2.45) is 0 Å². The van der Waals surface area contributed by atoms with Crippen molar-refractivity contribution in [2.75, 3.05) is 18.0 Å². The van der Waals surface area contributed by atoms with Crippen LogP contribution in [0.25, 0.3) is 11.0 Å². The van der Waals surface area contributed by atoms with E-state index in [1.807, 2.05) is 0 Å². The number of aromatic nitrogens is 2. The van der Waals surface area contributed by atoms with E-state index in [0.29, 0.717) is 5.92 Å². The molecular weight excluding hydrogens is 210 g/mol. The number of aromatic amines is 1. The molecule has 0 bridgehead atoms. The smallest absolute Gasteiger partial charge is 0.109 e. The molecule has 2 heterocycles. The Kier molecular flexibility index (Phi) is 2.54. The lowest BCUT2D eigenvalue weighted by Gasteiger charge is -2.17. The zero-order chi connectivity index (χ0) is 11.8. The predicted octanol–water partition coefficient (Wildman–Crippen LogP) is 3.29. The van der Waals surface area contributed by atoms with Crippen molar-refractivity contribution in [2.45, 2.75) is 32.6 Å². The molecule has 1 fully saturated rings. The summed E-state index contributed by atoms with van der Waals surface area (Å²) in [5.74, 6) is 1.54. The third kappa shape index (κ3) is 1.90. The van der Waals surface area contributed by atoms with Gasteiger partial charge in [-0.3, -0.25) is 0 Å². The molecule has 1 aromatic heterocycles. The molecule has 1 aliphatic rings. The Morgan fingerprint density at radius 2 is 2.00 bits per heavy atom. The van der Waals surface area contributed by atoms with Crippen LogP contribution in [0.5, 0.6) is 0 Å². The van der Waals surface area contributed by atoms with Gasteiger partial charge in [0.05, 0.1) is 11.0 Å². The third-order valence-corrected chi connectivity index (χ3v) is 3.50. The van der Waals surface area contributed by atoms with Crippen molar-refractivity contribution in [3.05, 3.63) is 24.0 Å². The highest BCUT2D eigenvalue weighted by molar-refractivity contribution is 5.79. The largest absolute Gasteiger partial charge is 0.371 e. The average molecular weight is 229 g/mol. The Labute approximate surface area is 102 Å². The maximum absolute atomic E-state index is 4.61. The minimum absolute atomic E-state index is 0.456. The van der Waals surface area contributed by atoms with Crippen LogP contribution < -0.4 is 4.90 Å². The fraction of sp³-hybridized carbons (Fsp3) is 0.500. The molecule has 1 N–H and O–H groups in total. The standard InChI is InChI=1S/C14H19N3/c1-10(2)14-15-12-6-5-11(9-13(12)16-14)17-7-3-4-8-17/h5-6,9-10H,3-4,7-8H2,1-2H3,(H,15,16). The Morgan fingerprint density at radius 1 is 1.24 bits per heavy atom. The van der Waals surface area contributed by atoms with Crippen molar-refractivity contribution in [1.82, 2.24) is 9.97 Å². The lowest BCUT2D eigenvalue weighted by Crippen LogP contribution is -2.17. The summed E-state index contributed by atoms with van der Waals surface area (Å²) in [6.07, 6.45) is 2.64. The molecule has 3 rings (SSSR count). The van der Waals surface area contributed by atoms with Gasteiger partial charge in [-0.05, 0) is 31.0 Å². The minimum atomic E-state index is 0.456. The van der Waals surface area contributed by atoms with Gasteiger partial charge in [0.15, 0.2) is 0 Å². The Hall–Kier alpha value is -1.51. The summed E-state index contributed by atoms with van der Waals surface area (Å²) in [7, 11) is 0. The second kappa shape index (κ2) is 4.06. The van der Waals surface area contributed by atoms with E-state index in [1.165, 1.54) is 31.6 Å². The third-order valence-electron chi connectivity index (χ3n) is 3.50. The van der Waals surface area contributed by atoms with Gasteiger partial charge in [0.2, 0.25) is 0 Å². The van der Waals surface area contributed by atoms with Crippen LogP contribution in [0, 0.1) is 0 Å². The average Bonchev–Trinajstić information content (AvgIpc) is 2.97. The van der Waals surface area contributed by atoms with E-state index in [4.69, 9.17) is 0 Å². The van der Waals surface area contributed by atoms with Crippen molar-refractivity contribution in [3.63, 3.8) is 0 Å². The SMILES string of the molecule is CC(C)c1nc2ccc(N3CCCC3)cc2[nH]1. The number of nitrogens with one attached hydrogen (secondary N) is 1. The van der Waals surface area contributed by atoms with Gasteiger partial charge in [0.1, 0.15) is 5.82 Å². The molecule has 0 spiro atoms. The van der Waals surface area contributed by atoms with Gasteiger partial charge in [-0.15, -0.1) is 0 Å². The molecule has 0 atom stereocenters. The van der Waals surface area contributed by atoms with Crippen molar-refractivity contribution in [3.8, 4) is 0 Å². The maximum Gasteiger partial charge on any atom is 0.109 e. The van der Waals surface area contributed by atoms with E-state index in [-0.39, 0.29) is 0 Å². The number of H-pyrrole nitrogens is 1. The zero-order valence-electron chi connectivity index (χ0n) is 10.5. The summed E-state index contributed by atoms with van der Waals surface area (Å²) in [5, 5.41) is 0. The summed E-state index contributed by atoms with van der Waals surface area (Å²) in [6.45, 7) is 6.71. The van der Waals surface area contributed by atoms with Crippen LogP contribution in [0.2, 0.25) is 0 Å². The fourth-order valence-corrected chi connectivity index (χ4v) is 2.46. The van der Waals surface area contributed by atoms with Crippen LogP contribution in [-0.4, -0.2) is 23.1 Å². The molecule has 1 aromatic carbocycles. The first kappa shape index (κ1) is 10.6. The normalized spacial score (nSPS) is 16.3. The van der Waals surface area contributed by atoms with Gasteiger partial charge in [-0.25, -0.2) is 4.98 Å². The first-order valence-corrected chi connectivity index (χ1v) is 6.48. The molecule has 0 radical (unpaired) electrons. The molecule has 0 unspecified atom stereocenters. The molecule has 0 saturated carbocycles. The van der Waals surface area contributed by atoms with Gasteiger partial charge < -0.3 is 9.88 Å². The van der Waals surface area contributed by atoms with Crippen LogP contribution in [0.1, 0.15) is 38.4 Å². The first-order valence-electron chi connectivity index (χ1n) is 6.48. The van der Waals surface area contributed by atoms with Crippen LogP contribution >= 0.6 is 0 Å². The molecule has 1 saturated heterocycles. The molecule has 1 aliphatic heterocycles. The Balaban J connectivity index is 2.00. The lowest BCUT2D eigenvalue weighted by molar-refractivity contribution is 0.799. The molecular formula is C14H19N3. The van der Waals surface area contributed by atoms with Gasteiger partial charge in [-0.2, -0.15) is 0 Å². The van der Waals surface area contributed by atoms with Gasteiger partial charge >= 0.3 is 0 Å². The topological polar surface area (TPSA) is 31.9 Å². The number of hydrogen-bond donors (Lipinski definition) is 1. The number of hydrogen-bond acceptors (Lipinski definition) is 2. The van der Waals surface area contributed by atoms with Crippen LogP contribution in [0.4, 0.5) is 5.69 Å². The van der Waals surface area contributed by atoms with Crippen LogP contribution in [-0.2, 0) is 0 Å². The van der Waals surface area contributed by atoms with Crippen molar-refractivity contribution >= 4 is 16.7 Å². The van der Waals surface area contributed by atoms with Crippen LogP contribution in [0.3, 0.4) is 0 Å². The predicted molar refractivity (Wildman–Crippen MR) is 71.6 cm³/mol. The van der Waals surface area contributed by atoms with E-state index in [1.54, 1.807) is 0 Å². The number of rotatable bonds is 2. The summed E-state index contributed by atoms with van der Waals surface area (Å²) < 4.78 is 0. The van der Waals surface area contributed by atoms with E-state index in [0.717, 1.165) is 16.9 Å². The second-order valence-corrected chi connectivity index (χ2v) is 5.17. The van der Waals surface area contributed by atoms with Crippen LogP contribution in [0.15, 0.2) is 18.2 Å². The molecule has 3 nitrogen and oxygen atoms in total. The van der Waals surface area contributed by atoms with Crippen molar-refractivity contribution in [1.29, 1.82) is 0 Å². The summed E-state index contributed by atoms with van der Waals surface area (Å²) in [6, 6.07) is 6.56.